The largest absolute Gasteiger partial charge is 0.497 e. The van der Waals surface area contributed by atoms with Crippen molar-refractivity contribution < 1.29 is 9.26 Å². The number of benzene rings is 2. The van der Waals surface area contributed by atoms with Gasteiger partial charge >= 0.3 is 0 Å². The number of ether oxygens (including phenoxy) is 1. The second-order valence-corrected chi connectivity index (χ2v) is 7.83. The molecule has 1 aromatic heterocycles. The predicted molar refractivity (Wildman–Crippen MR) is 111 cm³/mol. The zero-order valence-electron chi connectivity index (χ0n) is 15.8. The predicted octanol–water partition coefficient (Wildman–Crippen LogP) is 3.83. The zero-order valence-corrected chi connectivity index (χ0v) is 17.4. The molecule has 1 fully saturated rings. The van der Waals surface area contributed by atoms with Crippen LogP contribution in [0.25, 0.3) is 11.4 Å². The monoisotopic (exact) mass is 442 g/mol. The first-order valence-corrected chi connectivity index (χ1v) is 10.1. The molecule has 146 valence electrons. The van der Waals surface area contributed by atoms with E-state index in [1.807, 2.05) is 24.3 Å². The van der Waals surface area contributed by atoms with Gasteiger partial charge in [0, 0.05) is 42.8 Å². The second kappa shape index (κ2) is 8.86. The molecule has 0 saturated carbocycles. The maximum atomic E-state index is 5.46. The Labute approximate surface area is 173 Å². The minimum atomic E-state index is 0.617. The summed E-state index contributed by atoms with van der Waals surface area (Å²) in [6, 6.07) is 16.2. The molecule has 1 saturated heterocycles. The molecule has 2 heterocycles. The third-order valence-corrected chi connectivity index (χ3v) is 5.49. The van der Waals surface area contributed by atoms with Crippen molar-refractivity contribution in [3.8, 4) is 17.1 Å². The summed E-state index contributed by atoms with van der Waals surface area (Å²) >= 11 is 3.49. The van der Waals surface area contributed by atoms with Gasteiger partial charge in [-0.2, -0.15) is 4.98 Å². The van der Waals surface area contributed by atoms with Crippen LogP contribution in [-0.4, -0.2) is 53.2 Å². The normalized spacial score (nSPS) is 15.6. The van der Waals surface area contributed by atoms with Crippen molar-refractivity contribution in [1.82, 2.24) is 19.9 Å². The van der Waals surface area contributed by atoms with Crippen molar-refractivity contribution in [3.05, 3.63) is 64.5 Å². The molecule has 0 aliphatic carbocycles. The van der Waals surface area contributed by atoms with E-state index in [0.717, 1.165) is 48.5 Å². The molecular formula is C21H23BrN4O2. The second-order valence-electron chi connectivity index (χ2n) is 6.92. The maximum Gasteiger partial charge on any atom is 0.241 e. The first-order valence-electron chi connectivity index (χ1n) is 9.36. The first kappa shape index (κ1) is 19.1. The Morgan fingerprint density at radius 2 is 1.57 bits per heavy atom. The lowest BCUT2D eigenvalue weighted by Crippen LogP contribution is -2.45. The number of methoxy groups -OCH3 is 1. The Bertz CT molecular complexity index is 888. The third kappa shape index (κ3) is 4.79. The summed E-state index contributed by atoms with van der Waals surface area (Å²) in [5.74, 6) is 2.09. The van der Waals surface area contributed by atoms with E-state index >= 15 is 0 Å². The molecular weight excluding hydrogens is 420 g/mol. The van der Waals surface area contributed by atoms with E-state index in [1.165, 1.54) is 5.56 Å². The fourth-order valence-corrected chi connectivity index (χ4v) is 3.59. The van der Waals surface area contributed by atoms with Gasteiger partial charge in [0.2, 0.25) is 11.7 Å². The minimum absolute atomic E-state index is 0.617. The van der Waals surface area contributed by atoms with Crippen LogP contribution in [0.15, 0.2) is 57.5 Å². The highest BCUT2D eigenvalue weighted by Crippen LogP contribution is 2.20. The standard InChI is InChI=1S/C21H23BrN4O2/c1-27-19-8-4-17(5-9-19)21-23-20(28-24-21)15-26-12-10-25(11-13-26)14-16-2-6-18(22)7-3-16/h2-9H,10-15H2,1H3. The van der Waals surface area contributed by atoms with Crippen molar-refractivity contribution in [2.45, 2.75) is 13.1 Å². The topological polar surface area (TPSA) is 54.6 Å². The quantitative estimate of drug-likeness (QED) is 0.578. The molecule has 6 nitrogen and oxygen atoms in total. The van der Waals surface area contributed by atoms with Crippen molar-refractivity contribution in [2.24, 2.45) is 0 Å². The summed E-state index contributed by atoms with van der Waals surface area (Å²) in [6.45, 7) is 5.75. The Kier molecular flexibility index (Phi) is 6.04. The van der Waals surface area contributed by atoms with Crippen LogP contribution in [0.3, 0.4) is 0 Å². The molecule has 3 aromatic rings. The number of halogens is 1. The number of hydrogen-bond acceptors (Lipinski definition) is 6. The fraction of sp³-hybridized carbons (Fsp3) is 0.333. The summed E-state index contributed by atoms with van der Waals surface area (Å²) in [6.07, 6.45) is 0. The Morgan fingerprint density at radius 3 is 2.21 bits per heavy atom. The molecule has 1 aliphatic rings. The van der Waals surface area contributed by atoms with Gasteiger partial charge in [-0.15, -0.1) is 0 Å². The van der Waals surface area contributed by atoms with Crippen LogP contribution in [0.2, 0.25) is 0 Å². The summed E-state index contributed by atoms with van der Waals surface area (Å²) in [4.78, 5) is 9.39. The highest BCUT2D eigenvalue weighted by Gasteiger charge is 2.19. The number of hydrogen-bond donors (Lipinski definition) is 0. The van der Waals surface area contributed by atoms with Crippen LogP contribution in [0, 0.1) is 0 Å². The minimum Gasteiger partial charge on any atom is -0.497 e. The van der Waals surface area contributed by atoms with E-state index in [1.54, 1.807) is 7.11 Å². The zero-order chi connectivity index (χ0) is 19.3. The molecule has 7 heteroatoms. The highest BCUT2D eigenvalue weighted by molar-refractivity contribution is 9.10. The molecule has 4 rings (SSSR count). The molecule has 1 aliphatic heterocycles. The molecule has 0 unspecified atom stereocenters. The van der Waals surface area contributed by atoms with Gasteiger partial charge in [-0.3, -0.25) is 9.80 Å². The highest BCUT2D eigenvalue weighted by atomic mass is 79.9. The van der Waals surface area contributed by atoms with Crippen LogP contribution in [0.1, 0.15) is 11.5 Å². The summed E-state index contributed by atoms with van der Waals surface area (Å²) in [5.41, 5.74) is 2.27. The van der Waals surface area contributed by atoms with Gasteiger partial charge in [0.15, 0.2) is 0 Å². The average Bonchev–Trinajstić information content (AvgIpc) is 3.20. The van der Waals surface area contributed by atoms with Crippen LogP contribution in [0.4, 0.5) is 0 Å². The van der Waals surface area contributed by atoms with E-state index in [0.29, 0.717) is 18.3 Å². The average molecular weight is 443 g/mol. The molecule has 2 aromatic carbocycles. The molecule has 28 heavy (non-hydrogen) atoms. The third-order valence-electron chi connectivity index (χ3n) is 4.96. The van der Waals surface area contributed by atoms with Crippen molar-refractivity contribution >= 4 is 15.9 Å². The Hall–Kier alpha value is -2.22. The number of aromatic nitrogens is 2. The van der Waals surface area contributed by atoms with Crippen molar-refractivity contribution in [2.75, 3.05) is 33.3 Å². The van der Waals surface area contributed by atoms with Crippen molar-refractivity contribution in [3.63, 3.8) is 0 Å². The molecule has 0 N–H and O–H groups in total. The molecule has 0 bridgehead atoms. The van der Waals surface area contributed by atoms with Crippen LogP contribution >= 0.6 is 15.9 Å². The van der Waals surface area contributed by atoms with Gasteiger partial charge in [0.25, 0.3) is 0 Å². The van der Waals surface area contributed by atoms with E-state index < -0.39 is 0 Å². The number of piperazine rings is 1. The molecule has 0 radical (unpaired) electrons. The lowest BCUT2D eigenvalue weighted by molar-refractivity contribution is 0.112. The lowest BCUT2D eigenvalue weighted by Gasteiger charge is -2.33. The van der Waals surface area contributed by atoms with E-state index in [-0.39, 0.29) is 0 Å². The lowest BCUT2D eigenvalue weighted by atomic mass is 10.2. The van der Waals surface area contributed by atoms with Crippen LogP contribution in [0.5, 0.6) is 5.75 Å². The SMILES string of the molecule is COc1ccc(-c2noc(CN3CCN(Cc4ccc(Br)cc4)CC3)n2)cc1. The molecule has 0 atom stereocenters. The summed E-state index contributed by atoms with van der Waals surface area (Å²) < 4.78 is 11.8. The van der Waals surface area contributed by atoms with Crippen molar-refractivity contribution in [1.29, 1.82) is 0 Å². The van der Waals surface area contributed by atoms with Gasteiger partial charge in [0.1, 0.15) is 5.75 Å². The van der Waals surface area contributed by atoms with Gasteiger partial charge in [-0.1, -0.05) is 33.2 Å². The van der Waals surface area contributed by atoms with Gasteiger partial charge in [-0.25, -0.2) is 0 Å². The summed E-state index contributed by atoms with van der Waals surface area (Å²) in [7, 11) is 1.65. The maximum absolute atomic E-state index is 5.46. The Morgan fingerprint density at radius 1 is 0.929 bits per heavy atom. The fourth-order valence-electron chi connectivity index (χ4n) is 3.32. The smallest absolute Gasteiger partial charge is 0.241 e. The van der Waals surface area contributed by atoms with Gasteiger partial charge in [0.05, 0.1) is 13.7 Å². The molecule has 0 amide bonds. The first-order chi connectivity index (χ1) is 13.7. The van der Waals surface area contributed by atoms with E-state index in [9.17, 15) is 0 Å². The number of rotatable bonds is 6. The summed E-state index contributed by atoms with van der Waals surface area (Å²) in [5, 5.41) is 4.12. The van der Waals surface area contributed by atoms with E-state index in [4.69, 9.17) is 9.26 Å². The van der Waals surface area contributed by atoms with Crippen LogP contribution in [-0.2, 0) is 13.1 Å². The number of nitrogens with zero attached hydrogens (tertiary/aromatic N) is 4. The Balaban J connectivity index is 1.29. The van der Waals surface area contributed by atoms with Gasteiger partial charge in [-0.05, 0) is 42.0 Å². The van der Waals surface area contributed by atoms with Gasteiger partial charge < -0.3 is 9.26 Å². The van der Waals surface area contributed by atoms with E-state index in [2.05, 4.69) is 60.1 Å². The molecule has 0 spiro atoms. The van der Waals surface area contributed by atoms with Crippen LogP contribution < -0.4 is 4.74 Å².